The smallest absolute Gasteiger partial charge is 0.226 e. The van der Waals surface area contributed by atoms with Gasteiger partial charge < -0.3 is 14.8 Å². The lowest BCUT2D eigenvalue weighted by Gasteiger charge is -2.20. The van der Waals surface area contributed by atoms with E-state index < -0.39 is 0 Å². The fraction of sp³-hybridized carbons (Fsp3) is 0.409. The molecule has 4 rings (SSSR count). The summed E-state index contributed by atoms with van der Waals surface area (Å²) < 4.78 is 12.0. The van der Waals surface area contributed by atoms with E-state index in [0.29, 0.717) is 17.5 Å². The zero-order valence-corrected chi connectivity index (χ0v) is 17.7. The van der Waals surface area contributed by atoms with Gasteiger partial charge in [-0.15, -0.1) is 0 Å². The Morgan fingerprint density at radius 3 is 2.58 bits per heavy atom. The van der Waals surface area contributed by atoms with Gasteiger partial charge in [0.25, 0.3) is 0 Å². The molecule has 1 saturated carbocycles. The Morgan fingerprint density at radius 1 is 1.10 bits per heavy atom. The van der Waals surface area contributed by atoms with Crippen LogP contribution in [0.5, 0.6) is 11.6 Å². The summed E-state index contributed by atoms with van der Waals surface area (Å²) >= 11 is 0. The summed E-state index contributed by atoms with van der Waals surface area (Å²) in [5, 5.41) is 19.3. The van der Waals surface area contributed by atoms with E-state index in [9.17, 15) is 0 Å². The first kappa shape index (κ1) is 20.6. The van der Waals surface area contributed by atoms with Crippen LogP contribution in [-0.4, -0.2) is 38.4 Å². The van der Waals surface area contributed by atoms with Crippen molar-refractivity contribution in [3.8, 4) is 29.0 Å². The van der Waals surface area contributed by atoms with Crippen molar-refractivity contribution in [3.05, 3.63) is 35.9 Å². The lowest BCUT2D eigenvalue weighted by molar-refractivity contribution is 0.183. The van der Waals surface area contributed by atoms with Crippen LogP contribution in [0.25, 0.3) is 11.3 Å². The van der Waals surface area contributed by atoms with E-state index in [1.807, 2.05) is 25.1 Å². The number of aromatic amines is 1. The molecule has 1 fully saturated rings. The zero-order valence-electron chi connectivity index (χ0n) is 17.7. The topological polar surface area (TPSA) is 122 Å². The second-order valence-corrected chi connectivity index (χ2v) is 7.57. The zero-order chi connectivity index (χ0) is 21.6. The maximum Gasteiger partial charge on any atom is 0.226 e. The Hall–Kier alpha value is -3.67. The van der Waals surface area contributed by atoms with Crippen LogP contribution < -0.4 is 14.8 Å². The van der Waals surface area contributed by atoms with Gasteiger partial charge in [-0.25, -0.2) is 15.0 Å². The van der Waals surface area contributed by atoms with Gasteiger partial charge in [-0.1, -0.05) is 12.8 Å². The standard InChI is InChI=1S/C22H25N7O2/c1-14-9-18(31-16-7-5-3-4-6-8-16)21(22(26-14)30-2)17-10-19(29-28-17)27-20-13-24-15(11-23)12-25-20/h9-10,12-13,16H,3-8H2,1-2H3,(H2,25,27,28,29). The second kappa shape index (κ2) is 9.43. The number of methoxy groups -OCH3 is 1. The minimum Gasteiger partial charge on any atom is -0.489 e. The number of nitrogens with zero attached hydrogens (tertiary/aromatic N) is 5. The van der Waals surface area contributed by atoms with Crippen LogP contribution in [0.15, 0.2) is 24.5 Å². The normalized spacial score (nSPS) is 14.5. The first-order chi connectivity index (χ1) is 15.2. The Bertz CT molecular complexity index is 1060. The number of hydrogen-bond donors (Lipinski definition) is 2. The highest BCUT2D eigenvalue weighted by Gasteiger charge is 2.22. The number of rotatable bonds is 6. The van der Waals surface area contributed by atoms with Gasteiger partial charge in [-0.2, -0.15) is 10.4 Å². The summed E-state index contributed by atoms with van der Waals surface area (Å²) in [6, 6.07) is 5.74. The van der Waals surface area contributed by atoms with Gasteiger partial charge in [-0.3, -0.25) is 5.10 Å². The fourth-order valence-corrected chi connectivity index (χ4v) is 3.74. The van der Waals surface area contributed by atoms with Crippen LogP contribution >= 0.6 is 0 Å². The number of pyridine rings is 1. The largest absolute Gasteiger partial charge is 0.489 e. The number of nitriles is 1. The average Bonchev–Trinajstić information content (AvgIpc) is 3.07. The fourth-order valence-electron chi connectivity index (χ4n) is 3.74. The van der Waals surface area contributed by atoms with Gasteiger partial charge in [-0.05, 0) is 32.6 Å². The highest BCUT2D eigenvalue weighted by atomic mass is 16.5. The molecule has 3 aromatic heterocycles. The Balaban J connectivity index is 1.62. The number of hydrogen-bond acceptors (Lipinski definition) is 8. The average molecular weight is 419 g/mol. The summed E-state index contributed by atoms with van der Waals surface area (Å²) in [5.41, 5.74) is 2.54. The molecule has 1 aliphatic rings. The minimum atomic E-state index is 0.183. The molecular formula is C22H25N7O2. The third-order valence-electron chi connectivity index (χ3n) is 5.24. The van der Waals surface area contributed by atoms with Gasteiger partial charge in [0, 0.05) is 17.8 Å². The first-order valence-electron chi connectivity index (χ1n) is 10.4. The van der Waals surface area contributed by atoms with Crippen molar-refractivity contribution in [2.45, 2.75) is 51.6 Å². The Labute approximate surface area is 180 Å². The molecule has 31 heavy (non-hydrogen) atoms. The van der Waals surface area contributed by atoms with Crippen molar-refractivity contribution < 1.29 is 9.47 Å². The van der Waals surface area contributed by atoms with Gasteiger partial charge >= 0.3 is 0 Å². The molecule has 0 aromatic carbocycles. The van der Waals surface area contributed by atoms with Crippen molar-refractivity contribution >= 4 is 11.6 Å². The first-order valence-corrected chi connectivity index (χ1v) is 10.4. The van der Waals surface area contributed by atoms with Crippen LogP contribution in [-0.2, 0) is 0 Å². The van der Waals surface area contributed by atoms with E-state index in [2.05, 4.69) is 30.5 Å². The van der Waals surface area contributed by atoms with E-state index in [0.717, 1.165) is 35.5 Å². The van der Waals surface area contributed by atoms with Crippen LogP contribution in [0.2, 0.25) is 0 Å². The molecule has 9 nitrogen and oxygen atoms in total. The number of ether oxygens (including phenoxy) is 2. The maximum absolute atomic E-state index is 8.86. The number of H-pyrrole nitrogens is 1. The lowest BCUT2D eigenvalue weighted by Crippen LogP contribution is -2.16. The molecule has 0 saturated heterocycles. The predicted molar refractivity (Wildman–Crippen MR) is 115 cm³/mol. The Morgan fingerprint density at radius 2 is 1.90 bits per heavy atom. The summed E-state index contributed by atoms with van der Waals surface area (Å²) in [5.74, 6) is 2.26. The maximum atomic E-state index is 8.86. The molecule has 2 N–H and O–H groups in total. The van der Waals surface area contributed by atoms with Gasteiger partial charge in [0.15, 0.2) is 11.5 Å². The van der Waals surface area contributed by atoms with E-state index in [1.54, 1.807) is 7.11 Å². The van der Waals surface area contributed by atoms with Crippen molar-refractivity contribution in [1.29, 1.82) is 5.26 Å². The quantitative estimate of drug-likeness (QED) is 0.567. The molecule has 160 valence electrons. The van der Waals surface area contributed by atoms with Gasteiger partial charge in [0.2, 0.25) is 5.88 Å². The number of aromatic nitrogens is 5. The minimum absolute atomic E-state index is 0.183. The molecule has 1 aliphatic carbocycles. The number of nitrogens with one attached hydrogen (secondary N) is 2. The number of anilines is 2. The van der Waals surface area contributed by atoms with Crippen molar-refractivity contribution in [3.63, 3.8) is 0 Å². The van der Waals surface area contributed by atoms with E-state index in [1.165, 1.54) is 38.1 Å². The SMILES string of the molecule is COc1nc(C)cc(OC2CCCCCC2)c1-c1cc(Nc2cnc(C#N)cn2)n[nH]1. The molecule has 0 unspecified atom stereocenters. The molecular weight excluding hydrogens is 394 g/mol. The second-order valence-electron chi connectivity index (χ2n) is 7.57. The molecule has 0 amide bonds. The predicted octanol–water partition coefficient (Wildman–Crippen LogP) is 4.30. The van der Waals surface area contributed by atoms with Crippen LogP contribution in [0, 0.1) is 18.3 Å². The lowest BCUT2D eigenvalue weighted by atomic mass is 10.1. The van der Waals surface area contributed by atoms with Crippen LogP contribution in [0.4, 0.5) is 11.6 Å². The molecule has 3 heterocycles. The highest BCUT2D eigenvalue weighted by Crippen LogP contribution is 2.39. The molecule has 0 atom stereocenters. The highest BCUT2D eigenvalue weighted by molar-refractivity contribution is 5.75. The monoisotopic (exact) mass is 419 g/mol. The van der Waals surface area contributed by atoms with E-state index >= 15 is 0 Å². The molecule has 0 bridgehead atoms. The van der Waals surface area contributed by atoms with Crippen LogP contribution in [0.1, 0.15) is 49.9 Å². The third kappa shape index (κ3) is 4.91. The van der Waals surface area contributed by atoms with Crippen molar-refractivity contribution in [1.82, 2.24) is 25.1 Å². The number of aryl methyl sites for hydroxylation is 1. The summed E-state index contributed by atoms with van der Waals surface area (Å²) in [7, 11) is 1.60. The van der Waals surface area contributed by atoms with E-state index in [4.69, 9.17) is 14.7 Å². The van der Waals surface area contributed by atoms with Crippen molar-refractivity contribution in [2.75, 3.05) is 12.4 Å². The summed E-state index contributed by atoms with van der Waals surface area (Å²) in [6.45, 7) is 1.93. The molecule has 0 aliphatic heterocycles. The summed E-state index contributed by atoms with van der Waals surface area (Å²) in [6.07, 6.45) is 10.1. The molecule has 9 heteroatoms. The third-order valence-corrected chi connectivity index (χ3v) is 5.24. The van der Waals surface area contributed by atoms with Crippen LogP contribution in [0.3, 0.4) is 0 Å². The molecule has 3 aromatic rings. The summed E-state index contributed by atoms with van der Waals surface area (Å²) in [4.78, 5) is 12.7. The van der Waals surface area contributed by atoms with Gasteiger partial charge in [0.05, 0.1) is 31.3 Å². The molecule has 0 radical (unpaired) electrons. The van der Waals surface area contributed by atoms with E-state index in [-0.39, 0.29) is 11.8 Å². The Kier molecular flexibility index (Phi) is 6.26. The molecule has 0 spiro atoms. The van der Waals surface area contributed by atoms with Crippen molar-refractivity contribution in [2.24, 2.45) is 0 Å². The van der Waals surface area contributed by atoms with Gasteiger partial charge in [0.1, 0.15) is 23.2 Å².